The summed E-state index contributed by atoms with van der Waals surface area (Å²) in [6.45, 7) is 1.61. The quantitative estimate of drug-likeness (QED) is 0.675. The monoisotopic (exact) mass is 285 g/mol. The molecule has 0 spiro atoms. The minimum absolute atomic E-state index is 0.110. The van der Waals surface area contributed by atoms with E-state index in [0.29, 0.717) is 5.56 Å². The van der Waals surface area contributed by atoms with Gasteiger partial charge in [0.05, 0.1) is 10.8 Å². The zero-order valence-corrected chi connectivity index (χ0v) is 11.5. The number of rotatable bonds is 5. The van der Waals surface area contributed by atoms with Gasteiger partial charge in [-0.15, -0.1) is 0 Å². The van der Waals surface area contributed by atoms with Crippen molar-refractivity contribution in [2.45, 2.75) is 19.3 Å². The number of carbonyl (C=O) groups is 1. The molecule has 0 saturated heterocycles. The number of carboxylic acids is 1. The number of para-hydroxylation sites is 1. The predicted molar refractivity (Wildman–Crippen MR) is 78.4 cm³/mol. The lowest BCUT2D eigenvalue weighted by atomic mass is 9.89. The third-order valence-electron chi connectivity index (χ3n) is 3.41. The fourth-order valence-electron chi connectivity index (χ4n) is 2.39. The summed E-state index contributed by atoms with van der Waals surface area (Å²) in [7, 11) is 0. The molecule has 1 N–H and O–H groups in total. The standard InChI is InChI=1S/C16H15NO4/c1-11-6-5-9-13(15(11)17(20)21)14(16(18)19)10-12-7-3-2-4-8-12/h2-9,14H,10H2,1H3,(H,18,19). The Hall–Kier alpha value is -2.69. The van der Waals surface area contributed by atoms with Gasteiger partial charge in [0.15, 0.2) is 0 Å². The molecular weight excluding hydrogens is 270 g/mol. The van der Waals surface area contributed by atoms with E-state index in [1.807, 2.05) is 30.3 Å². The van der Waals surface area contributed by atoms with Crippen LogP contribution in [0.2, 0.25) is 0 Å². The Morgan fingerprint density at radius 2 is 1.86 bits per heavy atom. The van der Waals surface area contributed by atoms with E-state index in [4.69, 9.17) is 0 Å². The van der Waals surface area contributed by atoms with E-state index >= 15 is 0 Å². The van der Waals surface area contributed by atoms with Crippen molar-refractivity contribution < 1.29 is 14.8 Å². The van der Waals surface area contributed by atoms with Crippen LogP contribution < -0.4 is 0 Å². The van der Waals surface area contributed by atoms with Crippen molar-refractivity contribution >= 4 is 11.7 Å². The van der Waals surface area contributed by atoms with E-state index in [0.717, 1.165) is 5.56 Å². The molecule has 0 aromatic heterocycles. The molecule has 1 atom stereocenters. The predicted octanol–water partition coefficient (Wildman–Crippen LogP) is 3.31. The summed E-state index contributed by atoms with van der Waals surface area (Å²) >= 11 is 0. The van der Waals surface area contributed by atoms with Crippen LogP contribution in [0.25, 0.3) is 0 Å². The Kier molecular flexibility index (Phi) is 4.33. The number of nitro groups is 1. The van der Waals surface area contributed by atoms with Gasteiger partial charge in [0.25, 0.3) is 5.69 Å². The molecular formula is C16H15NO4. The Labute approximate surface area is 122 Å². The van der Waals surface area contributed by atoms with Gasteiger partial charge in [-0.1, -0.05) is 48.5 Å². The van der Waals surface area contributed by atoms with Crippen molar-refractivity contribution in [2.75, 3.05) is 0 Å². The van der Waals surface area contributed by atoms with Crippen LogP contribution in [-0.2, 0) is 11.2 Å². The van der Waals surface area contributed by atoms with Crippen molar-refractivity contribution in [3.05, 3.63) is 75.3 Å². The average molecular weight is 285 g/mol. The molecule has 21 heavy (non-hydrogen) atoms. The summed E-state index contributed by atoms with van der Waals surface area (Å²) in [4.78, 5) is 22.3. The van der Waals surface area contributed by atoms with Crippen molar-refractivity contribution in [2.24, 2.45) is 0 Å². The molecule has 5 nitrogen and oxygen atoms in total. The van der Waals surface area contributed by atoms with Gasteiger partial charge in [0.2, 0.25) is 0 Å². The maximum atomic E-state index is 11.6. The van der Waals surface area contributed by atoms with Crippen molar-refractivity contribution in [3.8, 4) is 0 Å². The molecule has 0 bridgehead atoms. The Balaban J connectivity index is 2.47. The fourth-order valence-corrected chi connectivity index (χ4v) is 2.39. The zero-order valence-electron chi connectivity index (χ0n) is 11.5. The smallest absolute Gasteiger partial charge is 0.311 e. The first-order chi connectivity index (χ1) is 10.0. The van der Waals surface area contributed by atoms with Crippen LogP contribution >= 0.6 is 0 Å². The molecule has 0 aliphatic carbocycles. The van der Waals surface area contributed by atoms with E-state index in [-0.39, 0.29) is 17.7 Å². The topological polar surface area (TPSA) is 80.4 Å². The SMILES string of the molecule is Cc1cccc(C(Cc2ccccc2)C(=O)O)c1[N+](=O)[O-]. The maximum absolute atomic E-state index is 11.6. The van der Waals surface area contributed by atoms with E-state index in [1.54, 1.807) is 19.1 Å². The minimum Gasteiger partial charge on any atom is -0.481 e. The number of aryl methyl sites for hydroxylation is 1. The molecule has 2 aromatic rings. The van der Waals surface area contributed by atoms with Crippen molar-refractivity contribution in [1.29, 1.82) is 0 Å². The van der Waals surface area contributed by atoms with Gasteiger partial charge in [0.1, 0.15) is 0 Å². The first-order valence-corrected chi connectivity index (χ1v) is 6.51. The second-order valence-electron chi connectivity index (χ2n) is 4.85. The van der Waals surface area contributed by atoms with E-state index in [9.17, 15) is 20.0 Å². The average Bonchev–Trinajstić information content (AvgIpc) is 2.45. The van der Waals surface area contributed by atoms with E-state index in [1.165, 1.54) is 6.07 Å². The molecule has 2 aromatic carbocycles. The lowest BCUT2D eigenvalue weighted by Gasteiger charge is -2.14. The summed E-state index contributed by atoms with van der Waals surface area (Å²) in [5.41, 5.74) is 1.44. The van der Waals surface area contributed by atoms with Crippen LogP contribution in [0.15, 0.2) is 48.5 Å². The number of aliphatic carboxylic acids is 1. The molecule has 5 heteroatoms. The van der Waals surface area contributed by atoms with Crippen LogP contribution in [0.5, 0.6) is 0 Å². The zero-order chi connectivity index (χ0) is 15.4. The van der Waals surface area contributed by atoms with Crippen LogP contribution in [0.1, 0.15) is 22.6 Å². The summed E-state index contributed by atoms with van der Waals surface area (Å²) in [5.74, 6) is -2.00. The largest absolute Gasteiger partial charge is 0.481 e. The van der Waals surface area contributed by atoms with Gasteiger partial charge >= 0.3 is 5.97 Å². The summed E-state index contributed by atoms with van der Waals surface area (Å²) in [5, 5.41) is 20.7. The van der Waals surface area contributed by atoms with E-state index < -0.39 is 16.8 Å². The molecule has 0 aliphatic rings. The highest BCUT2D eigenvalue weighted by atomic mass is 16.6. The number of hydrogen-bond acceptors (Lipinski definition) is 3. The second kappa shape index (κ2) is 6.17. The first-order valence-electron chi connectivity index (χ1n) is 6.51. The number of hydrogen-bond donors (Lipinski definition) is 1. The van der Waals surface area contributed by atoms with Crippen LogP contribution in [0.4, 0.5) is 5.69 Å². The third kappa shape index (κ3) is 3.25. The highest BCUT2D eigenvalue weighted by Gasteiger charge is 2.29. The number of carboxylic acid groups (broad SMARTS) is 1. The van der Waals surface area contributed by atoms with Gasteiger partial charge in [-0.2, -0.15) is 0 Å². The highest BCUT2D eigenvalue weighted by Crippen LogP contribution is 2.32. The Morgan fingerprint density at radius 1 is 1.19 bits per heavy atom. The summed E-state index contributed by atoms with van der Waals surface area (Å²) < 4.78 is 0. The molecule has 0 amide bonds. The minimum atomic E-state index is -1.06. The normalized spacial score (nSPS) is 11.9. The van der Waals surface area contributed by atoms with Gasteiger partial charge in [-0.3, -0.25) is 14.9 Å². The first kappa shape index (κ1) is 14.7. The third-order valence-corrected chi connectivity index (χ3v) is 3.41. The number of benzene rings is 2. The molecule has 0 heterocycles. The van der Waals surface area contributed by atoms with Crippen LogP contribution in [0, 0.1) is 17.0 Å². The van der Waals surface area contributed by atoms with Gasteiger partial charge in [-0.05, 0) is 18.9 Å². The molecule has 0 radical (unpaired) electrons. The Morgan fingerprint density at radius 3 is 2.43 bits per heavy atom. The van der Waals surface area contributed by atoms with Gasteiger partial charge in [0, 0.05) is 11.1 Å². The molecule has 0 aliphatic heterocycles. The molecule has 2 rings (SSSR count). The summed E-state index contributed by atoms with van der Waals surface area (Å²) in [6.07, 6.45) is 0.223. The van der Waals surface area contributed by atoms with Crippen LogP contribution in [-0.4, -0.2) is 16.0 Å². The second-order valence-corrected chi connectivity index (χ2v) is 4.85. The number of nitro benzene ring substituents is 1. The fraction of sp³-hybridized carbons (Fsp3) is 0.188. The van der Waals surface area contributed by atoms with Crippen molar-refractivity contribution in [1.82, 2.24) is 0 Å². The number of nitrogens with zero attached hydrogens (tertiary/aromatic N) is 1. The Bertz CT molecular complexity index is 667. The molecule has 0 fully saturated rings. The highest BCUT2D eigenvalue weighted by molar-refractivity contribution is 5.78. The molecule has 108 valence electrons. The molecule has 0 saturated carbocycles. The molecule has 1 unspecified atom stereocenters. The lowest BCUT2D eigenvalue weighted by molar-refractivity contribution is -0.386. The van der Waals surface area contributed by atoms with E-state index in [2.05, 4.69) is 0 Å². The summed E-state index contributed by atoms with van der Waals surface area (Å²) in [6, 6.07) is 13.9. The van der Waals surface area contributed by atoms with Crippen molar-refractivity contribution in [3.63, 3.8) is 0 Å². The lowest BCUT2D eigenvalue weighted by Crippen LogP contribution is -2.16. The van der Waals surface area contributed by atoms with Gasteiger partial charge < -0.3 is 5.11 Å². The maximum Gasteiger partial charge on any atom is 0.311 e. The van der Waals surface area contributed by atoms with Crippen LogP contribution in [0.3, 0.4) is 0 Å². The van der Waals surface area contributed by atoms with Gasteiger partial charge in [-0.25, -0.2) is 0 Å².